The molecule has 0 bridgehead atoms. The third-order valence-electron chi connectivity index (χ3n) is 5.51. The Hall–Kier alpha value is -1.59. The zero-order valence-corrected chi connectivity index (χ0v) is 16.1. The van der Waals surface area contributed by atoms with Gasteiger partial charge in [-0.2, -0.15) is 0 Å². The molecule has 0 aromatic heterocycles. The van der Waals surface area contributed by atoms with Crippen LogP contribution in [0.2, 0.25) is 0 Å². The number of likely N-dealkylation sites (tertiary alicyclic amines) is 1. The summed E-state index contributed by atoms with van der Waals surface area (Å²) >= 11 is 0. The highest BCUT2D eigenvalue weighted by Crippen LogP contribution is 2.25. The van der Waals surface area contributed by atoms with Gasteiger partial charge in [-0.15, -0.1) is 12.4 Å². The zero-order valence-electron chi connectivity index (χ0n) is 15.3. The molecule has 1 aliphatic heterocycles. The number of hydrogen-bond donors (Lipinski definition) is 2. The van der Waals surface area contributed by atoms with E-state index < -0.39 is 0 Å². The van der Waals surface area contributed by atoms with Crippen LogP contribution in [0, 0.1) is 5.92 Å². The van der Waals surface area contributed by atoms with Crippen LogP contribution < -0.4 is 11.1 Å². The van der Waals surface area contributed by atoms with Gasteiger partial charge in [-0.25, -0.2) is 0 Å². The molecule has 5 nitrogen and oxygen atoms in total. The molecule has 1 heterocycles. The van der Waals surface area contributed by atoms with E-state index in [1.807, 2.05) is 23.1 Å². The molecule has 26 heavy (non-hydrogen) atoms. The monoisotopic (exact) mass is 379 g/mol. The molecule has 0 radical (unpaired) electrons. The molecule has 144 valence electrons. The number of benzene rings is 1. The maximum Gasteiger partial charge on any atom is 0.254 e. The van der Waals surface area contributed by atoms with E-state index in [9.17, 15) is 9.59 Å². The standard InChI is InChI=1S/C20H29N3O2.ClH/c21-14-18-11-4-5-12-23(18)20(25)16-9-6-10-17(13-16)22-19(24)15-7-2-1-3-8-15;/h6,9-10,13,15,18H,1-5,7-8,11-12,14,21H2,(H,22,24);1H. The number of nitrogens with two attached hydrogens (primary N) is 1. The van der Waals surface area contributed by atoms with Crippen LogP contribution in [0.4, 0.5) is 5.69 Å². The molecule has 3 rings (SSSR count). The van der Waals surface area contributed by atoms with E-state index in [4.69, 9.17) is 5.73 Å². The smallest absolute Gasteiger partial charge is 0.254 e. The van der Waals surface area contributed by atoms with E-state index in [1.165, 1.54) is 6.42 Å². The second kappa shape index (κ2) is 9.93. The fraction of sp³-hybridized carbons (Fsp3) is 0.600. The van der Waals surface area contributed by atoms with Gasteiger partial charge in [0.05, 0.1) is 0 Å². The number of piperidine rings is 1. The number of nitrogens with one attached hydrogen (secondary N) is 1. The quantitative estimate of drug-likeness (QED) is 0.839. The minimum absolute atomic E-state index is 0. The summed E-state index contributed by atoms with van der Waals surface area (Å²) in [6.07, 6.45) is 8.56. The lowest BCUT2D eigenvalue weighted by Crippen LogP contribution is -2.47. The van der Waals surface area contributed by atoms with Gasteiger partial charge in [0.2, 0.25) is 5.91 Å². The molecule has 1 aliphatic carbocycles. The number of amides is 2. The summed E-state index contributed by atoms with van der Waals surface area (Å²) < 4.78 is 0. The third kappa shape index (κ3) is 4.98. The predicted octanol–water partition coefficient (Wildman–Crippen LogP) is 3.58. The zero-order chi connectivity index (χ0) is 17.6. The number of carbonyl (C=O) groups excluding carboxylic acids is 2. The summed E-state index contributed by atoms with van der Waals surface area (Å²) in [5.74, 6) is 0.211. The summed E-state index contributed by atoms with van der Waals surface area (Å²) in [6, 6.07) is 7.44. The normalized spacial score (nSPS) is 21.0. The van der Waals surface area contributed by atoms with E-state index in [2.05, 4.69) is 5.32 Å². The van der Waals surface area contributed by atoms with E-state index in [-0.39, 0.29) is 36.2 Å². The Morgan fingerprint density at radius 2 is 1.81 bits per heavy atom. The molecule has 1 aromatic rings. The Bertz CT molecular complexity index is 617. The summed E-state index contributed by atoms with van der Waals surface area (Å²) in [5.41, 5.74) is 7.17. The van der Waals surface area contributed by atoms with Crippen LogP contribution in [0.3, 0.4) is 0 Å². The lowest BCUT2D eigenvalue weighted by molar-refractivity contribution is -0.120. The molecule has 0 spiro atoms. The molecular formula is C20H30ClN3O2. The SMILES string of the molecule is Cl.NCC1CCCCN1C(=O)c1cccc(NC(=O)C2CCCCC2)c1. The van der Waals surface area contributed by atoms with Crippen LogP contribution in [-0.2, 0) is 4.79 Å². The van der Waals surface area contributed by atoms with Crippen molar-refractivity contribution in [1.82, 2.24) is 4.90 Å². The van der Waals surface area contributed by atoms with Gasteiger partial charge >= 0.3 is 0 Å². The van der Waals surface area contributed by atoms with Crippen LogP contribution in [-0.4, -0.2) is 35.8 Å². The molecule has 6 heteroatoms. The summed E-state index contributed by atoms with van der Waals surface area (Å²) in [5, 5.41) is 3.00. The van der Waals surface area contributed by atoms with Gasteiger partial charge in [-0.3, -0.25) is 9.59 Å². The molecule has 1 saturated carbocycles. The molecule has 2 amide bonds. The topological polar surface area (TPSA) is 75.4 Å². The number of rotatable bonds is 4. The Labute approximate surface area is 162 Å². The average molecular weight is 380 g/mol. The molecular weight excluding hydrogens is 350 g/mol. The minimum Gasteiger partial charge on any atom is -0.334 e. The van der Waals surface area contributed by atoms with Crippen molar-refractivity contribution in [3.63, 3.8) is 0 Å². The molecule has 2 aliphatic rings. The molecule has 2 fully saturated rings. The minimum atomic E-state index is 0. The van der Waals surface area contributed by atoms with E-state index in [0.29, 0.717) is 17.8 Å². The second-order valence-electron chi connectivity index (χ2n) is 7.29. The highest BCUT2D eigenvalue weighted by Gasteiger charge is 2.27. The number of halogens is 1. The average Bonchev–Trinajstić information content (AvgIpc) is 2.68. The summed E-state index contributed by atoms with van der Waals surface area (Å²) in [4.78, 5) is 27.2. The maximum atomic E-state index is 12.9. The van der Waals surface area contributed by atoms with Crippen molar-refractivity contribution < 1.29 is 9.59 Å². The first-order chi connectivity index (χ1) is 12.2. The van der Waals surface area contributed by atoms with Crippen LogP contribution in [0.5, 0.6) is 0 Å². The van der Waals surface area contributed by atoms with Crippen molar-refractivity contribution in [2.24, 2.45) is 11.7 Å². The molecule has 3 N–H and O–H groups in total. The number of hydrogen-bond acceptors (Lipinski definition) is 3. The van der Waals surface area contributed by atoms with Gasteiger partial charge in [0.25, 0.3) is 5.91 Å². The summed E-state index contributed by atoms with van der Waals surface area (Å²) in [6.45, 7) is 1.27. The number of carbonyl (C=O) groups is 2. The first-order valence-electron chi connectivity index (χ1n) is 9.61. The molecule has 1 atom stereocenters. The van der Waals surface area contributed by atoms with E-state index >= 15 is 0 Å². The van der Waals surface area contributed by atoms with Gasteiger partial charge in [0.15, 0.2) is 0 Å². The van der Waals surface area contributed by atoms with E-state index in [1.54, 1.807) is 6.07 Å². The highest BCUT2D eigenvalue weighted by atomic mass is 35.5. The lowest BCUT2D eigenvalue weighted by atomic mass is 9.88. The van der Waals surface area contributed by atoms with Gasteiger partial charge in [-0.05, 0) is 50.3 Å². The van der Waals surface area contributed by atoms with Crippen molar-refractivity contribution in [1.29, 1.82) is 0 Å². The van der Waals surface area contributed by atoms with Crippen molar-refractivity contribution in [2.45, 2.75) is 57.4 Å². The fourth-order valence-electron chi connectivity index (χ4n) is 4.02. The van der Waals surface area contributed by atoms with Crippen molar-refractivity contribution in [3.05, 3.63) is 29.8 Å². The van der Waals surface area contributed by atoms with Crippen LogP contribution in [0.25, 0.3) is 0 Å². The van der Waals surface area contributed by atoms with Crippen molar-refractivity contribution in [2.75, 3.05) is 18.4 Å². The lowest BCUT2D eigenvalue weighted by Gasteiger charge is -2.35. The van der Waals surface area contributed by atoms with Crippen molar-refractivity contribution >= 4 is 29.9 Å². The number of anilines is 1. The Kier molecular flexibility index (Phi) is 7.91. The van der Waals surface area contributed by atoms with Crippen LogP contribution >= 0.6 is 12.4 Å². The summed E-state index contributed by atoms with van der Waals surface area (Å²) in [7, 11) is 0. The van der Waals surface area contributed by atoms with Crippen molar-refractivity contribution in [3.8, 4) is 0 Å². The molecule has 1 saturated heterocycles. The van der Waals surface area contributed by atoms with Crippen LogP contribution in [0.15, 0.2) is 24.3 Å². The first-order valence-corrected chi connectivity index (χ1v) is 9.61. The maximum absolute atomic E-state index is 12.9. The first kappa shape index (κ1) is 20.7. The van der Waals surface area contributed by atoms with E-state index in [0.717, 1.165) is 51.5 Å². The Balaban J connectivity index is 0.00000243. The molecule has 1 aromatic carbocycles. The molecule has 1 unspecified atom stereocenters. The van der Waals surface area contributed by atoms with Gasteiger partial charge < -0.3 is 16.0 Å². The predicted molar refractivity (Wildman–Crippen MR) is 107 cm³/mol. The highest BCUT2D eigenvalue weighted by molar-refractivity contribution is 5.98. The van der Waals surface area contributed by atoms with Crippen LogP contribution in [0.1, 0.15) is 61.7 Å². The fourth-order valence-corrected chi connectivity index (χ4v) is 4.02. The number of nitrogens with zero attached hydrogens (tertiary/aromatic N) is 1. The van der Waals surface area contributed by atoms with Gasteiger partial charge in [0, 0.05) is 36.3 Å². The second-order valence-corrected chi connectivity index (χ2v) is 7.29. The third-order valence-corrected chi connectivity index (χ3v) is 5.51. The van der Waals surface area contributed by atoms with Gasteiger partial charge in [-0.1, -0.05) is 25.3 Å². The Morgan fingerprint density at radius 3 is 2.54 bits per heavy atom. The Morgan fingerprint density at radius 1 is 1.08 bits per heavy atom. The largest absolute Gasteiger partial charge is 0.334 e. The van der Waals surface area contributed by atoms with Gasteiger partial charge in [0.1, 0.15) is 0 Å².